The summed E-state index contributed by atoms with van der Waals surface area (Å²) in [5.74, 6) is -0.480. The van der Waals surface area contributed by atoms with Gasteiger partial charge in [0, 0.05) is 25.2 Å². The van der Waals surface area contributed by atoms with Crippen LogP contribution in [0.3, 0.4) is 0 Å². The standard InChI is InChI=1S/C19H21ClN4O2S/c1-23(2)19-22-14(16(27-19)11-4-3-5-12(20)8-11)18(26)24-13-7-6-10(9-13)15(24)17(21)25/h3-5,8,10,13,15H,6-7,9H2,1-2H3,(H2,21,25)/t10-,13+,15+/m0/s1. The van der Waals surface area contributed by atoms with Crippen molar-refractivity contribution >= 4 is 39.9 Å². The molecule has 1 aromatic carbocycles. The molecule has 1 aliphatic heterocycles. The first kappa shape index (κ1) is 18.3. The number of carbonyl (C=O) groups is 2. The van der Waals surface area contributed by atoms with E-state index in [0.717, 1.165) is 34.8 Å². The Balaban J connectivity index is 1.78. The first-order valence-electron chi connectivity index (χ1n) is 8.93. The van der Waals surface area contributed by atoms with Gasteiger partial charge in [-0.15, -0.1) is 0 Å². The number of hydrogen-bond donors (Lipinski definition) is 1. The lowest BCUT2D eigenvalue weighted by atomic mass is 9.97. The third-order valence-corrected chi connectivity index (χ3v) is 6.91. The summed E-state index contributed by atoms with van der Waals surface area (Å²) in [6, 6.07) is 6.92. The smallest absolute Gasteiger partial charge is 0.275 e. The van der Waals surface area contributed by atoms with Gasteiger partial charge in [0.1, 0.15) is 11.7 Å². The first-order chi connectivity index (χ1) is 12.9. The van der Waals surface area contributed by atoms with E-state index in [1.807, 2.05) is 37.2 Å². The number of rotatable bonds is 4. The van der Waals surface area contributed by atoms with Gasteiger partial charge in [0.05, 0.1) is 4.88 Å². The van der Waals surface area contributed by atoms with Crippen LogP contribution < -0.4 is 10.6 Å². The van der Waals surface area contributed by atoms with Crippen molar-refractivity contribution in [3.8, 4) is 10.4 Å². The molecule has 3 atom stereocenters. The van der Waals surface area contributed by atoms with Crippen LogP contribution in [0.2, 0.25) is 5.02 Å². The van der Waals surface area contributed by atoms with E-state index >= 15 is 0 Å². The summed E-state index contributed by atoms with van der Waals surface area (Å²) >= 11 is 7.60. The van der Waals surface area contributed by atoms with Gasteiger partial charge in [0.15, 0.2) is 5.13 Å². The average Bonchev–Trinajstić information content (AvgIpc) is 3.34. The number of amides is 2. The third-order valence-electron chi connectivity index (χ3n) is 5.40. The number of carbonyl (C=O) groups excluding carboxylic acids is 2. The van der Waals surface area contributed by atoms with Crippen molar-refractivity contribution in [2.24, 2.45) is 11.7 Å². The molecule has 2 bridgehead atoms. The van der Waals surface area contributed by atoms with Gasteiger partial charge in [-0.25, -0.2) is 4.98 Å². The molecule has 8 heteroatoms. The molecule has 6 nitrogen and oxygen atoms in total. The highest BCUT2D eigenvalue weighted by molar-refractivity contribution is 7.19. The molecule has 2 aromatic rings. The van der Waals surface area contributed by atoms with Crippen LogP contribution in [0.25, 0.3) is 10.4 Å². The van der Waals surface area contributed by atoms with Crippen LogP contribution in [-0.4, -0.2) is 47.9 Å². The molecule has 2 aliphatic rings. The van der Waals surface area contributed by atoms with E-state index in [1.54, 1.807) is 11.0 Å². The number of fused-ring (bicyclic) bond motifs is 2. The van der Waals surface area contributed by atoms with Crippen molar-refractivity contribution < 1.29 is 9.59 Å². The number of likely N-dealkylation sites (tertiary alicyclic amines) is 1. The second kappa shape index (κ2) is 6.80. The van der Waals surface area contributed by atoms with Crippen molar-refractivity contribution in [2.75, 3.05) is 19.0 Å². The highest BCUT2D eigenvalue weighted by Crippen LogP contribution is 2.44. The SMILES string of the molecule is CN(C)c1nc(C(=O)N2[C@@H]3CC[C@@H](C3)[C@@H]2C(N)=O)c(-c2cccc(Cl)c2)s1. The van der Waals surface area contributed by atoms with E-state index in [-0.39, 0.29) is 17.9 Å². The van der Waals surface area contributed by atoms with E-state index in [2.05, 4.69) is 4.98 Å². The molecule has 0 unspecified atom stereocenters. The number of anilines is 1. The van der Waals surface area contributed by atoms with Crippen molar-refractivity contribution in [2.45, 2.75) is 31.3 Å². The monoisotopic (exact) mass is 404 g/mol. The Kier molecular flexibility index (Phi) is 4.60. The number of hydrogen-bond acceptors (Lipinski definition) is 5. The number of aromatic nitrogens is 1. The molecule has 1 aliphatic carbocycles. The summed E-state index contributed by atoms with van der Waals surface area (Å²) < 4.78 is 0. The summed E-state index contributed by atoms with van der Waals surface area (Å²) in [6.45, 7) is 0. The molecule has 1 saturated heterocycles. The highest BCUT2D eigenvalue weighted by Gasteiger charge is 2.51. The summed E-state index contributed by atoms with van der Waals surface area (Å²) in [5.41, 5.74) is 6.85. The fraction of sp³-hybridized carbons (Fsp3) is 0.421. The molecule has 142 valence electrons. The number of primary amides is 1. The summed E-state index contributed by atoms with van der Waals surface area (Å²) in [4.78, 5) is 34.4. The lowest BCUT2D eigenvalue weighted by molar-refractivity contribution is -0.123. The topological polar surface area (TPSA) is 79.5 Å². The molecule has 1 saturated carbocycles. The fourth-order valence-corrected chi connectivity index (χ4v) is 5.41. The number of nitrogens with two attached hydrogens (primary N) is 1. The second-order valence-corrected chi connectivity index (χ2v) is 8.78. The van der Waals surface area contributed by atoms with Crippen LogP contribution in [0, 0.1) is 5.92 Å². The minimum atomic E-state index is -0.534. The summed E-state index contributed by atoms with van der Waals surface area (Å²) in [5, 5.41) is 1.33. The normalized spacial score (nSPS) is 23.7. The van der Waals surface area contributed by atoms with Crippen LogP contribution in [0.4, 0.5) is 5.13 Å². The number of halogens is 1. The molecule has 1 aromatic heterocycles. The number of piperidine rings is 1. The van der Waals surface area contributed by atoms with E-state index in [4.69, 9.17) is 17.3 Å². The molecule has 2 heterocycles. The van der Waals surface area contributed by atoms with Crippen molar-refractivity contribution in [3.05, 3.63) is 35.0 Å². The van der Waals surface area contributed by atoms with E-state index in [1.165, 1.54) is 11.3 Å². The molecule has 2 amide bonds. The minimum Gasteiger partial charge on any atom is -0.368 e. The van der Waals surface area contributed by atoms with Gasteiger partial charge >= 0.3 is 0 Å². The van der Waals surface area contributed by atoms with Gasteiger partial charge in [0.2, 0.25) is 5.91 Å². The third kappa shape index (κ3) is 3.08. The molecule has 4 rings (SSSR count). The largest absolute Gasteiger partial charge is 0.368 e. The van der Waals surface area contributed by atoms with Crippen molar-refractivity contribution in [1.82, 2.24) is 9.88 Å². The Morgan fingerprint density at radius 3 is 2.78 bits per heavy atom. The van der Waals surface area contributed by atoms with Crippen LogP contribution >= 0.6 is 22.9 Å². The van der Waals surface area contributed by atoms with Crippen LogP contribution in [0.15, 0.2) is 24.3 Å². The van der Waals surface area contributed by atoms with Crippen LogP contribution in [0.5, 0.6) is 0 Å². The van der Waals surface area contributed by atoms with E-state index in [9.17, 15) is 9.59 Å². The lowest BCUT2D eigenvalue weighted by Gasteiger charge is -2.33. The van der Waals surface area contributed by atoms with Gasteiger partial charge in [-0.1, -0.05) is 35.1 Å². The molecule has 2 N–H and O–H groups in total. The Morgan fingerprint density at radius 2 is 2.11 bits per heavy atom. The molecule has 0 radical (unpaired) electrons. The predicted molar refractivity (Wildman–Crippen MR) is 107 cm³/mol. The lowest BCUT2D eigenvalue weighted by Crippen LogP contribution is -2.51. The Bertz CT molecular complexity index is 913. The predicted octanol–water partition coefficient (Wildman–Crippen LogP) is 3.01. The maximum Gasteiger partial charge on any atom is 0.275 e. The Hall–Kier alpha value is -2.12. The number of thiazole rings is 1. The fourth-order valence-electron chi connectivity index (χ4n) is 4.24. The molecular weight excluding hydrogens is 384 g/mol. The maximum atomic E-state index is 13.5. The first-order valence-corrected chi connectivity index (χ1v) is 10.1. The van der Waals surface area contributed by atoms with E-state index < -0.39 is 11.9 Å². The highest BCUT2D eigenvalue weighted by atomic mass is 35.5. The Labute approximate surface area is 166 Å². The molecule has 27 heavy (non-hydrogen) atoms. The number of nitrogens with zero attached hydrogens (tertiary/aromatic N) is 3. The van der Waals surface area contributed by atoms with Gasteiger partial charge in [0.25, 0.3) is 5.91 Å². The second-order valence-electron chi connectivity index (χ2n) is 7.37. The quantitative estimate of drug-likeness (QED) is 0.849. The van der Waals surface area contributed by atoms with Crippen LogP contribution in [-0.2, 0) is 4.79 Å². The van der Waals surface area contributed by atoms with E-state index in [0.29, 0.717) is 10.7 Å². The van der Waals surface area contributed by atoms with Gasteiger partial charge in [-0.05, 0) is 42.9 Å². The zero-order valence-corrected chi connectivity index (χ0v) is 16.8. The zero-order valence-electron chi connectivity index (χ0n) is 15.2. The minimum absolute atomic E-state index is 0.0664. The van der Waals surface area contributed by atoms with Crippen molar-refractivity contribution in [3.63, 3.8) is 0 Å². The Morgan fingerprint density at radius 1 is 1.33 bits per heavy atom. The molecular formula is C19H21ClN4O2S. The van der Waals surface area contributed by atoms with Gasteiger partial charge < -0.3 is 15.5 Å². The van der Waals surface area contributed by atoms with Crippen molar-refractivity contribution in [1.29, 1.82) is 0 Å². The maximum absolute atomic E-state index is 13.5. The average molecular weight is 405 g/mol. The van der Waals surface area contributed by atoms with Crippen LogP contribution in [0.1, 0.15) is 29.8 Å². The van der Waals surface area contributed by atoms with Gasteiger partial charge in [-0.3, -0.25) is 9.59 Å². The molecule has 2 fully saturated rings. The molecule has 0 spiro atoms. The number of benzene rings is 1. The summed E-state index contributed by atoms with van der Waals surface area (Å²) in [7, 11) is 3.78. The zero-order chi connectivity index (χ0) is 19.3. The summed E-state index contributed by atoms with van der Waals surface area (Å²) in [6.07, 6.45) is 2.71. The van der Waals surface area contributed by atoms with Gasteiger partial charge in [-0.2, -0.15) is 0 Å².